The van der Waals surface area contributed by atoms with Crippen LogP contribution in [0.5, 0.6) is 0 Å². The van der Waals surface area contributed by atoms with Gasteiger partial charge in [-0.05, 0) is 0 Å². The van der Waals surface area contributed by atoms with E-state index in [1.165, 1.54) is 0 Å². The monoisotopic (exact) mass is 267 g/mol. The van der Waals surface area contributed by atoms with Gasteiger partial charge >= 0.3 is 83.6 Å². The van der Waals surface area contributed by atoms with Gasteiger partial charge in [-0.2, -0.15) is 0 Å². The fourth-order valence-electron chi connectivity index (χ4n) is 0. The van der Waals surface area contributed by atoms with Crippen molar-refractivity contribution < 1.29 is 60.9 Å². The maximum Gasteiger partial charge on any atom is 3.00 e. The normalized spacial score (nSPS) is 3.86. The van der Waals surface area contributed by atoms with Crippen LogP contribution in [0.25, 0.3) is 0 Å². The Labute approximate surface area is 104 Å². The largest absolute Gasteiger partial charge is 3.00 e. The smallest absolute Gasteiger partial charge is 0.907 e. The Hall–Kier alpha value is 2.50. The van der Waals surface area contributed by atoms with Gasteiger partial charge in [-0.1, -0.05) is 0 Å². The summed E-state index contributed by atoms with van der Waals surface area (Å²) in [7, 11) is -2.92. The molecule has 0 atom stereocenters. The third-order valence-electron chi connectivity index (χ3n) is 0. The average Bonchev–Trinajstić information content (AvgIpc) is 0.811. The molecule has 0 aromatic heterocycles. The van der Waals surface area contributed by atoms with E-state index in [1.54, 1.807) is 0 Å². The van der Waals surface area contributed by atoms with Crippen LogP contribution in [0, 0.1) is 40.4 Å². The Bertz CT molecular complexity index is 16.4. The van der Waals surface area contributed by atoms with Crippen LogP contribution in [0.4, 0.5) is 0 Å². The van der Waals surface area contributed by atoms with Gasteiger partial charge in [-0.3, -0.25) is 7.32 Å². The van der Waals surface area contributed by atoms with E-state index in [2.05, 4.69) is 0 Å². The van der Waals surface area contributed by atoms with Crippen LogP contribution >= 0.6 is 0 Å². The summed E-state index contributed by atoms with van der Waals surface area (Å²) in [5, 5.41) is 25.2. The van der Waals surface area contributed by atoms with Crippen molar-refractivity contribution in [1.29, 1.82) is 0 Å². The van der Waals surface area contributed by atoms with E-state index in [0.717, 1.165) is 0 Å². The van der Waals surface area contributed by atoms with Crippen molar-refractivity contribution in [2.75, 3.05) is 0 Å². The first kappa shape index (κ1) is 22.7. The van der Waals surface area contributed by atoms with Gasteiger partial charge in [-0.25, -0.2) is 0 Å². The summed E-state index contributed by atoms with van der Waals surface area (Å²) in [6, 6.07) is 0. The Kier molecular flexibility index (Phi) is 51.2. The van der Waals surface area contributed by atoms with E-state index in [0.29, 0.717) is 0 Å². The second-order valence-corrected chi connectivity index (χ2v) is 0.289. The molecule has 0 unspecified atom stereocenters. The molecule has 0 N–H and O–H groups in total. The fraction of sp³-hybridized carbons (Fsp3) is 0. The molecule has 7 heavy (non-hydrogen) atoms. The van der Waals surface area contributed by atoms with Gasteiger partial charge < -0.3 is 15.1 Å². The fourth-order valence-corrected chi connectivity index (χ4v) is 0. The van der Waals surface area contributed by atoms with E-state index in [9.17, 15) is 0 Å². The molecule has 0 heterocycles. The summed E-state index contributed by atoms with van der Waals surface area (Å²) >= 11 is 0. The number of hydrogen-bond donors (Lipinski definition) is 0. The Morgan fingerprint density at radius 3 is 1.00 bits per heavy atom. The van der Waals surface area contributed by atoms with Gasteiger partial charge in [0.2, 0.25) is 0 Å². The molecule has 7 heteroatoms. The van der Waals surface area contributed by atoms with E-state index in [1.807, 2.05) is 0 Å². The zero-order valence-corrected chi connectivity index (χ0v) is 8.15. The van der Waals surface area contributed by atoms with Gasteiger partial charge in [-0.15, -0.1) is 0 Å². The third-order valence-corrected chi connectivity index (χ3v) is 0. The summed E-state index contributed by atoms with van der Waals surface area (Å²) in [4.78, 5) is 0. The van der Waals surface area contributed by atoms with Crippen molar-refractivity contribution >= 4 is 45.1 Å². The summed E-state index contributed by atoms with van der Waals surface area (Å²) in [6.45, 7) is 0. The number of rotatable bonds is 0. The van der Waals surface area contributed by atoms with Crippen LogP contribution in [0.1, 0.15) is 0 Å². The van der Waals surface area contributed by atoms with Gasteiger partial charge in [0, 0.05) is 0 Å². The Morgan fingerprint density at radius 2 is 1.00 bits per heavy atom. The number of hydrogen-bond acceptors (Lipinski definition) is 3. The second-order valence-electron chi connectivity index (χ2n) is 0.289. The standard InChI is InChI=1S/BO3.Ca.O.Sm/c2-1(3)4;;;/q-3;2*+2;+3. The summed E-state index contributed by atoms with van der Waals surface area (Å²) in [6.07, 6.45) is 0. The predicted molar refractivity (Wildman–Crippen MR) is 12.2 cm³/mol. The van der Waals surface area contributed by atoms with E-state index < -0.39 is 7.32 Å². The summed E-state index contributed by atoms with van der Waals surface area (Å²) in [5.74, 6) is 0. The van der Waals surface area contributed by atoms with E-state index in [-0.39, 0.29) is 83.6 Å². The third kappa shape index (κ3) is 57.4. The molecule has 31 valence electrons. The first-order chi connectivity index (χ1) is 1.73. The first-order valence-corrected chi connectivity index (χ1v) is 0.707. The molecule has 4 nitrogen and oxygen atoms in total. The zero-order valence-electron chi connectivity index (χ0n) is 3.33. The van der Waals surface area contributed by atoms with Crippen LogP contribution in [0.3, 0.4) is 0 Å². The molecule has 0 aromatic carbocycles. The molecular weight excluding hydrogens is 265 g/mol. The molecular formula is BCaO4Sm+4. The van der Waals surface area contributed by atoms with Crippen LogP contribution in [0.2, 0.25) is 0 Å². The van der Waals surface area contributed by atoms with Gasteiger partial charge in [0.1, 0.15) is 0 Å². The average molecular weight is 265 g/mol. The zero-order chi connectivity index (χ0) is 3.58. The van der Waals surface area contributed by atoms with E-state index in [4.69, 9.17) is 15.1 Å². The molecule has 0 fully saturated rings. The minimum absolute atomic E-state index is 0. The Morgan fingerprint density at radius 1 is 1.00 bits per heavy atom. The van der Waals surface area contributed by atoms with Crippen molar-refractivity contribution in [3.8, 4) is 0 Å². The molecule has 0 saturated carbocycles. The van der Waals surface area contributed by atoms with Crippen molar-refractivity contribution in [2.24, 2.45) is 0 Å². The molecule has 0 bridgehead atoms. The first-order valence-electron chi connectivity index (χ1n) is 0.707. The second kappa shape index (κ2) is 15.8. The molecule has 0 rings (SSSR count). The SMILES string of the molecule is [Ca+2].[O+2].[O-]B([O-])[O-].[Sm+3]. The molecule has 0 aromatic rings. The molecule has 0 aliphatic rings. The van der Waals surface area contributed by atoms with Crippen molar-refractivity contribution in [3.05, 3.63) is 0 Å². The molecule has 0 spiro atoms. The maximum absolute atomic E-state index is 8.42. The van der Waals surface area contributed by atoms with Crippen LogP contribution in [-0.4, -0.2) is 45.1 Å². The van der Waals surface area contributed by atoms with Crippen molar-refractivity contribution in [2.45, 2.75) is 0 Å². The molecule has 0 saturated heterocycles. The van der Waals surface area contributed by atoms with E-state index >= 15 is 0 Å². The van der Waals surface area contributed by atoms with Gasteiger partial charge in [0.15, 0.2) is 0 Å². The van der Waals surface area contributed by atoms with Crippen LogP contribution < -0.4 is 15.1 Å². The quantitative estimate of drug-likeness (QED) is 0.413. The Balaban J connectivity index is -0.0000000150. The van der Waals surface area contributed by atoms with Gasteiger partial charge in [0.25, 0.3) is 0 Å². The van der Waals surface area contributed by atoms with Crippen LogP contribution in [-0.2, 0) is 5.48 Å². The topological polar surface area (TPSA) is 97.7 Å². The van der Waals surface area contributed by atoms with Crippen LogP contribution in [0.15, 0.2) is 0 Å². The van der Waals surface area contributed by atoms with Crippen molar-refractivity contribution in [1.82, 2.24) is 0 Å². The summed E-state index contributed by atoms with van der Waals surface area (Å²) < 4.78 is 0. The molecule has 0 aliphatic carbocycles. The van der Waals surface area contributed by atoms with Gasteiger partial charge in [0.05, 0.1) is 0 Å². The summed E-state index contributed by atoms with van der Waals surface area (Å²) in [5.41, 5.74) is 0. The minimum atomic E-state index is -2.92. The maximum atomic E-state index is 8.42. The predicted octanol–water partition coefficient (Wildman–Crippen LogP) is -4.45. The minimum Gasteiger partial charge on any atom is -0.907 e. The molecule has 5 radical (unpaired) electrons. The van der Waals surface area contributed by atoms with Crippen molar-refractivity contribution in [3.63, 3.8) is 0 Å². The molecule has 0 aliphatic heterocycles. The molecule has 0 amide bonds.